The van der Waals surface area contributed by atoms with E-state index >= 15 is 0 Å². The molecule has 3 heteroatoms. The quantitative estimate of drug-likeness (QED) is 0.802. The topological polar surface area (TPSA) is 15.3 Å². The second kappa shape index (κ2) is 6.07. The van der Waals surface area contributed by atoms with Crippen molar-refractivity contribution in [3.63, 3.8) is 0 Å². The molecular formula is C12H25ClN2. The third kappa shape index (κ3) is 3.61. The van der Waals surface area contributed by atoms with E-state index < -0.39 is 0 Å². The van der Waals surface area contributed by atoms with Crippen molar-refractivity contribution in [2.45, 2.75) is 39.2 Å². The van der Waals surface area contributed by atoms with Gasteiger partial charge < -0.3 is 10.2 Å². The average molecular weight is 233 g/mol. The number of piperazine rings is 1. The first-order valence-electron chi connectivity index (χ1n) is 6.21. The molecule has 0 spiro atoms. The zero-order valence-corrected chi connectivity index (χ0v) is 10.9. The van der Waals surface area contributed by atoms with Gasteiger partial charge in [0.05, 0.1) is 0 Å². The van der Waals surface area contributed by atoms with Crippen LogP contribution in [0.3, 0.4) is 0 Å². The van der Waals surface area contributed by atoms with E-state index in [1.54, 1.807) is 0 Å². The molecule has 15 heavy (non-hydrogen) atoms. The van der Waals surface area contributed by atoms with Crippen LogP contribution >= 0.6 is 12.4 Å². The van der Waals surface area contributed by atoms with Crippen molar-refractivity contribution in [1.29, 1.82) is 0 Å². The Hall–Kier alpha value is 0.210. The lowest BCUT2D eigenvalue weighted by Crippen LogP contribution is -2.54. The summed E-state index contributed by atoms with van der Waals surface area (Å²) in [6.45, 7) is 9.74. The Morgan fingerprint density at radius 2 is 2.07 bits per heavy atom. The summed E-state index contributed by atoms with van der Waals surface area (Å²) in [6, 6.07) is 0.726. The van der Waals surface area contributed by atoms with E-state index in [1.165, 1.54) is 45.4 Å². The summed E-state index contributed by atoms with van der Waals surface area (Å²) in [5.74, 6) is 1.81. The lowest BCUT2D eigenvalue weighted by molar-refractivity contribution is 0.127. The van der Waals surface area contributed by atoms with Crippen LogP contribution in [0.1, 0.15) is 33.1 Å². The van der Waals surface area contributed by atoms with Crippen molar-refractivity contribution in [2.75, 3.05) is 26.2 Å². The van der Waals surface area contributed by atoms with Crippen molar-refractivity contribution in [3.8, 4) is 0 Å². The van der Waals surface area contributed by atoms with Gasteiger partial charge in [0, 0.05) is 32.2 Å². The Morgan fingerprint density at radius 3 is 2.60 bits per heavy atom. The molecule has 0 aromatic rings. The lowest BCUT2D eigenvalue weighted by atomic mass is 9.85. The van der Waals surface area contributed by atoms with E-state index in [0.717, 1.165) is 17.9 Å². The Labute approximate surface area is 100 Å². The van der Waals surface area contributed by atoms with Gasteiger partial charge in [-0.25, -0.2) is 0 Å². The zero-order valence-electron chi connectivity index (χ0n) is 10.0. The van der Waals surface area contributed by atoms with Gasteiger partial charge in [-0.2, -0.15) is 0 Å². The standard InChI is InChI=1S/C12H24N2.ClH/c1-10(2)12-9-14(7-6-13-12)8-11-4-3-5-11;/h10-13H,3-9H2,1-2H3;1H/t12-;/m1./s1. The zero-order chi connectivity index (χ0) is 9.97. The highest BCUT2D eigenvalue weighted by atomic mass is 35.5. The maximum atomic E-state index is 3.62. The van der Waals surface area contributed by atoms with Gasteiger partial charge >= 0.3 is 0 Å². The van der Waals surface area contributed by atoms with Crippen LogP contribution in [0.2, 0.25) is 0 Å². The van der Waals surface area contributed by atoms with Crippen molar-refractivity contribution in [1.82, 2.24) is 10.2 Å². The monoisotopic (exact) mass is 232 g/mol. The molecule has 0 bridgehead atoms. The molecular weight excluding hydrogens is 208 g/mol. The molecule has 2 nitrogen and oxygen atoms in total. The second-order valence-electron chi connectivity index (χ2n) is 5.36. The molecule has 1 heterocycles. The van der Waals surface area contributed by atoms with Crippen molar-refractivity contribution >= 4 is 12.4 Å². The number of halogens is 1. The summed E-state index contributed by atoms with van der Waals surface area (Å²) < 4.78 is 0. The van der Waals surface area contributed by atoms with Gasteiger partial charge in [-0.3, -0.25) is 0 Å². The van der Waals surface area contributed by atoms with Gasteiger partial charge in [0.15, 0.2) is 0 Å². The first-order valence-corrected chi connectivity index (χ1v) is 6.21. The first-order chi connectivity index (χ1) is 6.75. The van der Waals surface area contributed by atoms with E-state index in [0.29, 0.717) is 0 Å². The molecule has 1 atom stereocenters. The van der Waals surface area contributed by atoms with E-state index in [9.17, 15) is 0 Å². The third-order valence-electron chi connectivity index (χ3n) is 3.84. The van der Waals surface area contributed by atoms with E-state index in [2.05, 4.69) is 24.1 Å². The lowest BCUT2D eigenvalue weighted by Gasteiger charge is -2.39. The van der Waals surface area contributed by atoms with E-state index in [4.69, 9.17) is 0 Å². The predicted molar refractivity (Wildman–Crippen MR) is 67.7 cm³/mol. The van der Waals surface area contributed by atoms with Gasteiger partial charge in [0.1, 0.15) is 0 Å². The van der Waals surface area contributed by atoms with Gasteiger partial charge in [-0.1, -0.05) is 20.3 Å². The van der Waals surface area contributed by atoms with Gasteiger partial charge in [-0.05, 0) is 24.7 Å². The van der Waals surface area contributed by atoms with Crippen molar-refractivity contribution < 1.29 is 0 Å². The van der Waals surface area contributed by atoms with Gasteiger partial charge in [0.2, 0.25) is 0 Å². The molecule has 2 rings (SSSR count). The van der Waals surface area contributed by atoms with Crippen LogP contribution in [0.4, 0.5) is 0 Å². The first kappa shape index (κ1) is 13.3. The highest BCUT2D eigenvalue weighted by molar-refractivity contribution is 5.85. The van der Waals surface area contributed by atoms with E-state index in [1.807, 2.05) is 0 Å². The fraction of sp³-hybridized carbons (Fsp3) is 1.00. The fourth-order valence-corrected chi connectivity index (χ4v) is 2.49. The van der Waals surface area contributed by atoms with Crippen LogP contribution in [0.15, 0.2) is 0 Å². The molecule has 1 aliphatic heterocycles. The minimum atomic E-state index is 0. The Balaban J connectivity index is 0.00000112. The van der Waals surface area contributed by atoms with E-state index in [-0.39, 0.29) is 12.4 Å². The molecule has 0 unspecified atom stereocenters. The number of nitrogens with zero attached hydrogens (tertiary/aromatic N) is 1. The summed E-state index contributed by atoms with van der Waals surface area (Å²) in [7, 11) is 0. The summed E-state index contributed by atoms with van der Waals surface area (Å²) in [6.07, 6.45) is 4.44. The normalized spacial score (nSPS) is 28.6. The summed E-state index contributed by atoms with van der Waals surface area (Å²) >= 11 is 0. The Morgan fingerprint density at radius 1 is 1.33 bits per heavy atom. The van der Waals surface area contributed by atoms with Crippen LogP contribution in [-0.4, -0.2) is 37.1 Å². The summed E-state index contributed by atoms with van der Waals surface area (Å²) in [5, 5.41) is 3.62. The number of rotatable bonds is 3. The molecule has 1 saturated carbocycles. The number of hydrogen-bond donors (Lipinski definition) is 1. The summed E-state index contributed by atoms with van der Waals surface area (Å²) in [5.41, 5.74) is 0. The van der Waals surface area contributed by atoms with Gasteiger partial charge in [-0.15, -0.1) is 12.4 Å². The Kier molecular flexibility index (Phi) is 5.37. The van der Waals surface area contributed by atoms with Crippen LogP contribution in [0.25, 0.3) is 0 Å². The summed E-state index contributed by atoms with van der Waals surface area (Å²) in [4.78, 5) is 2.67. The van der Waals surface area contributed by atoms with Crippen LogP contribution in [-0.2, 0) is 0 Å². The molecule has 1 N–H and O–H groups in total. The van der Waals surface area contributed by atoms with Crippen LogP contribution in [0.5, 0.6) is 0 Å². The fourth-order valence-electron chi connectivity index (χ4n) is 2.49. The molecule has 2 aliphatic rings. The van der Waals surface area contributed by atoms with Crippen molar-refractivity contribution in [3.05, 3.63) is 0 Å². The smallest absolute Gasteiger partial charge is 0.0218 e. The highest BCUT2D eigenvalue weighted by Gasteiger charge is 2.25. The highest BCUT2D eigenvalue weighted by Crippen LogP contribution is 2.27. The largest absolute Gasteiger partial charge is 0.311 e. The molecule has 1 saturated heterocycles. The number of hydrogen-bond acceptors (Lipinski definition) is 2. The minimum absolute atomic E-state index is 0. The minimum Gasteiger partial charge on any atom is -0.311 e. The molecule has 2 fully saturated rings. The third-order valence-corrected chi connectivity index (χ3v) is 3.84. The SMILES string of the molecule is CC(C)[C@H]1CN(CC2CCC2)CCN1.Cl. The molecule has 1 aliphatic carbocycles. The van der Waals surface area contributed by atoms with Crippen LogP contribution in [0, 0.1) is 11.8 Å². The van der Waals surface area contributed by atoms with Crippen LogP contribution < -0.4 is 5.32 Å². The maximum absolute atomic E-state index is 3.62. The second-order valence-corrected chi connectivity index (χ2v) is 5.36. The van der Waals surface area contributed by atoms with Gasteiger partial charge in [0.25, 0.3) is 0 Å². The number of nitrogens with one attached hydrogen (secondary N) is 1. The maximum Gasteiger partial charge on any atom is 0.0218 e. The Bertz CT molecular complexity index is 180. The van der Waals surface area contributed by atoms with Crippen molar-refractivity contribution in [2.24, 2.45) is 11.8 Å². The molecule has 0 aromatic carbocycles. The predicted octanol–water partition coefficient (Wildman–Crippen LogP) is 2.14. The molecule has 0 radical (unpaired) electrons. The molecule has 90 valence electrons. The average Bonchev–Trinajstić information content (AvgIpc) is 2.12. The molecule has 0 aromatic heterocycles. The molecule has 0 amide bonds.